The fourth-order valence-corrected chi connectivity index (χ4v) is 2.45. The highest BCUT2D eigenvalue weighted by Crippen LogP contribution is 2.14. The monoisotopic (exact) mass is 277 g/mol. The van der Waals surface area contributed by atoms with Gasteiger partial charge < -0.3 is 16.0 Å². The van der Waals surface area contributed by atoms with Crippen molar-refractivity contribution < 1.29 is 4.79 Å². The van der Waals surface area contributed by atoms with E-state index in [9.17, 15) is 4.79 Å². The molecule has 0 saturated carbocycles. The molecule has 6 nitrogen and oxygen atoms in total. The third-order valence-corrected chi connectivity index (χ3v) is 3.62. The average Bonchev–Trinajstić information content (AvgIpc) is 2.41. The molecule has 6 heteroatoms. The number of amides is 1. The lowest BCUT2D eigenvalue weighted by Gasteiger charge is -2.34. The molecular formula is C14H23N5O. The van der Waals surface area contributed by atoms with E-state index in [-0.39, 0.29) is 6.04 Å². The quantitative estimate of drug-likeness (QED) is 0.806. The largest absolute Gasteiger partial charge is 0.381 e. The van der Waals surface area contributed by atoms with Crippen molar-refractivity contribution in [2.75, 3.05) is 45.1 Å². The molecule has 2 rings (SSSR count). The fraction of sp³-hybridized carbons (Fsp3) is 0.571. The standard InChI is InChI=1S/C14H23N5O/c1-11(10-19-7-5-18(2)6-8-19)17-13-3-4-16-9-12(13)14(15)20/h3-4,9,11H,5-8,10H2,1-2H3,(H2,15,20)(H,16,17). The van der Waals surface area contributed by atoms with Gasteiger partial charge in [0.2, 0.25) is 0 Å². The number of primary amides is 1. The second kappa shape index (κ2) is 6.67. The maximum Gasteiger partial charge on any atom is 0.252 e. The second-order valence-corrected chi connectivity index (χ2v) is 5.43. The first-order valence-electron chi connectivity index (χ1n) is 6.97. The first-order chi connectivity index (χ1) is 9.56. The van der Waals surface area contributed by atoms with E-state index in [0.29, 0.717) is 5.56 Å². The van der Waals surface area contributed by atoms with Crippen molar-refractivity contribution in [3.8, 4) is 0 Å². The Hall–Kier alpha value is -1.66. The molecular weight excluding hydrogens is 254 g/mol. The summed E-state index contributed by atoms with van der Waals surface area (Å²) in [6.07, 6.45) is 3.17. The number of anilines is 1. The van der Waals surface area contributed by atoms with Crippen molar-refractivity contribution in [2.45, 2.75) is 13.0 Å². The van der Waals surface area contributed by atoms with E-state index in [4.69, 9.17) is 5.73 Å². The van der Waals surface area contributed by atoms with Crippen LogP contribution in [0.5, 0.6) is 0 Å². The number of hydrogen-bond acceptors (Lipinski definition) is 5. The number of nitrogens with two attached hydrogens (primary N) is 1. The van der Waals surface area contributed by atoms with Gasteiger partial charge in [-0.05, 0) is 20.0 Å². The average molecular weight is 277 g/mol. The van der Waals surface area contributed by atoms with Gasteiger partial charge in [-0.25, -0.2) is 0 Å². The lowest BCUT2D eigenvalue weighted by atomic mass is 10.2. The van der Waals surface area contributed by atoms with Crippen LogP contribution >= 0.6 is 0 Å². The van der Waals surface area contributed by atoms with E-state index in [0.717, 1.165) is 38.4 Å². The van der Waals surface area contributed by atoms with Gasteiger partial charge in [-0.2, -0.15) is 0 Å². The maximum atomic E-state index is 11.4. The van der Waals surface area contributed by atoms with Crippen molar-refractivity contribution in [1.29, 1.82) is 0 Å². The molecule has 1 unspecified atom stereocenters. The lowest BCUT2D eigenvalue weighted by molar-refractivity contribution is 0.100. The van der Waals surface area contributed by atoms with Crippen molar-refractivity contribution in [3.05, 3.63) is 24.0 Å². The number of likely N-dealkylation sites (N-methyl/N-ethyl adjacent to an activating group) is 1. The van der Waals surface area contributed by atoms with Crippen molar-refractivity contribution >= 4 is 11.6 Å². The number of rotatable bonds is 5. The van der Waals surface area contributed by atoms with Gasteiger partial charge in [0, 0.05) is 51.2 Å². The van der Waals surface area contributed by atoms with E-state index in [1.54, 1.807) is 12.3 Å². The number of nitrogens with one attached hydrogen (secondary N) is 1. The van der Waals surface area contributed by atoms with Crippen LogP contribution < -0.4 is 11.1 Å². The van der Waals surface area contributed by atoms with Crippen LogP contribution in [-0.2, 0) is 0 Å². The highest BCUT2D eigenvalue weighted by Gasteiger charge is 2.17. The highest BCUT2D eigenvalue weighted by molar-refractivity contribution is 5.98. The van der Waals surface area contributed by atoms with Crippen LogP contribution in [0.2, 0.25) is 0 Å². The summed E-state index contributed by atoms with van der Waals surface area (Å²) in [5, 5.41) is 3.35. The summed E-state index contributed by atoms with van der Waals surface area (Å²) in [5.41, 5.74) is 6.56. The zero-order valence-corrected chi connectivity index (χ0v) is 12.2. The minimum Gasteiger partial charge on any atom is -0.381 e. The van der Waals surface area contributed by atoms with Crippen LogP contribution in [0.3, 0.4) is 0 Å². The fourth-order valence-electron chi connectivity index (χ4n) is 2.45. The minimum absolute atomic E-state index is 0.249. The first-order valence-corrected chi connectivity index (χ1v) is 6.97. The SMILES string of the molecule is CC(CN1CCN(C)CC1)Nc1ccncc1C(N)=O. The molecule has 1 aliphatic rings. The molecule has 0 aliphatic carbocycles. The predicted octanol–water partition coefficient (Wildman–Crippen LogP) is 0.228. The molecule has 0 radical (unpaired) electrons. The van der Waals surface area contributed by atoms with Crippen LogP contribution in [0.25, 0.3) is 0 Å². The van der Waals surface area contributed by atoms with Crippen molar-refractivity contribution in [3.63, 3.8) is 0 Å². The van der Waals surface area contributed by atoms with Gasteiger partial charge >= 0.3 is 0 Å². The van der Waals surface area contributed by atoms with Crippen LogP contribution in [0.1, 0.15) is 17.3 Å². The third-order valence-electron chi connectivity index (χ3n) is 3.62. The van der Waals surface area contributed by atoms with Crippen LogP contribution in [0, 0.1) is 0 Å². The van der Waals surface area contributed by atoms with Gasteiger partial charge in [-0.15, -0.1) is 0 Å². The maximum absolute atomic E-state index is 11.4. The van der Waals surface area contributed by atoms with E-state index in [1.807, 2.05) is 0 Å². The molecule has 3 N–H and O–H groups in total. The zero-order chi connectivity index (χ0) is 14.5. The smallest absolute Gasteiger partial charge is 0.252 e. The summed E-state index contributed by atoms with van der Waals surface area (Å²) in [7, 11) is 2.15. The number of carbonyl (C=O) groups is 1. The zero-order valence-electron chi connectivity index (χ0n) is 12.2. The Morgan fingerprint density at radius 1 is 1.45 bits per heavy atom. The van der Waals surface area contributed by atoms with Crippen molar-refractivity contribution in [2.24, 2.45) is 5.73 Å². The molecule has 110 valence electrons. The number of piperazine rings is 1. The van der Waals surface area contributed by atoms with Crippen LogP contribution in [-0.4, -0.2) is 66.5 Å². The molecule has 2 heterocycles. The molecule has 1 aliphatic heterocycles. The molecule has 1 saturated heterocycles. The molecule has 1 aromatic heterocycles. The summed E-state index contributed by atoms with van der Waals surface area (Å²) in [6.45, 7) is 7.45. The summed E-state index contributed by atoms with van der Waals surface area (Å²) >= 11 is 0. The molecule has 20 heavy (non-hydrogen) atoms. The molecule has 1 amide bonds. The lowest BCUT2D eigenvalue weighted by Crippen LogP contribution is -2.47. The molecule has 0 spiro atoms. The minimum atomic E-state index is -0.451. The predicted molar refractivity (Wildman–Crippen MR) is 79.8 cm³/mol. The molecule has 1 aromatic rings. The molecule has 1 atom stereocenters. The van der Waals surface area contributed by atoms with Crippen LogP contribution in [0.15, 0.2) is 18.5 Å². The molecule has 0 bridgehead atoms. The van der Waals surface area contributed by atoms with Gasteiger partial charge in [0.15, 0.2) is 0 Å². The van der Waals surface area contributed by atoms with E-state index >= 15 is 0 Å². The summed E-state index contributed by atoms with van der Waals surface area (Å²) in [4.78, 5) is 20.1. The number of aromatic nitrogens is 1. The summed E-state index contributed by atoms with van der Waals surface area (Å²) in [5.74, 6) is -0.451. The van der Waals surface area contributed by atoms with Gasteiger partial charge in [-0.3, -0.25) is 14.7 Å². The van der Waals surface area contributed by atoms with Gasteiger partial charge in [0.1, 0.15) is 0 Å². The Morgan fingerprint density at radius 2 is 2.15 bits per heavy atom. The molecule has 0 aromatic carbocycles. The van der Waals surface area contributed by atoms with Gasteiger partial charge in [-0.1, -0.05) is 0 Å². The Labute approximate surface area is 120 Å². The number of nitrogens with zero attached hydrogens (tertiary/aromatic N) is 3. The number of hydrogen-bond donors (Lipinski definition) is 2. The molecule has 1 fully saturated rings. The number of pyridine rings is 1. The van der Waals surface area contributed by atoms with Gasteiger partial charge in [0.05, 0.1) is 11.3 Å². The Kier molecular flexibility index (Phi) is 4.92. The Morgan fingerprint density at radius 3 is 2.80 bits per heavy atom. The summed E-state index contributed by atoms with van der Waals surface area (Å²) in [6, 6.07) is 2.04. The number of carbonyl (C=O) groups excluding carboxylic acids is 1. The summed E-state index contributed by atoms with van der Waals surface area (Å²) < 4.78 is 0. The Bertz CT molecular complexity index is 457. The topological polar surface area (TPSA) is 74.5 Å². The van der Waals surface area contributed by atoms with E-state index < -0.39 is 5.91 Å². The van der Waals surface area contributed by atoms with Gasteiger partial charge in [0.25, 0.3) is 5.91 Å². The highest BCUT2D eigenvalue weighted by atomic mass is 16.1. The second-order valence-electron chi connectivity index (χ2n) is 5.43. The van der Waals surface area contributed by atoms with E-state index in [2.05, 4.69) is 34.1 Å². The van der Waals surface area contributed by atoms with Crippen LogP contribution in [0.4, 0.5) is 5.69 Å². The third kappa shape index (κ3) is 3.91. The van der Waals surface area contributed by atoms with Crippen molar-refractivity contribution in [1.82, 2.24) is 14.8 Å². The van der Waals surface area contributed by atoms with E-state index in [1.165, 1.54) is 6.20 Å². The normalized spacial score (nSPS) is 18.7. The first kappa shape index (κ1) is 14.7. The Balaban J connectivity index is 1.91.